The van der Waals surface area contributed by atoms with Crippen molar-refractivity contribution >= 4 is 34.3 Å². The molecule has 1 atom stereocenters. The monoisotopic (exact) mass is 510 g/mol. The van der Waals surface area contributed by atoms with Crippen molar-refractivity contribution in [1.82, 2.24) is 14.9 Å². The fourth-order valence-corrected chi connectivity index (χ4v) is 4.34. The lowest BCUT2D eigenvalue weighted by molar-refractivity contribution is -0.149. The molecule has 0 bridgehead atoms. The number of likely N-dealkylation sites (tertiary alicyclic amines) is 1. The summed E-state index contributed by atoms with van der Waals surface area (Å²) in [5, 5.41) is 3.57. The maximum Gasteiger partial charge on any atom is 0.310 e. The molecule has 1 fully saturated rings. The molecule has 1 aliphatic carbocycles. The quantitative estimate of drug-likeness (QED) is 0.287. The van der Waals surface area contributed by atoms with Gasteiger partial charge in [0.05, 0.1) is 43.2 Å². The van der Waals surface area contributed by atoms with E-state index in [9.17, 15) is 14.4 Å². The summed E-state index contributed by atoms with van der Waals surface area (Å²) in [5.74, 6) is 0.00384. The first-order valence-corrected chi connectivity index (χ1v) is 12.1. The van der Waals surface area contributed by atoms with E-state index in [0.29, 0.717) is 67.6 Å². The molecule has 0 saturated carbocycles. The zero-order valence-corrected chi connectivity index (χ0v) is 21.1. The van der Waals surface area contributed by atoms with Gasteiger partial charge in [-0.1, -0.05) is 0 Å². The summed E-state index contributed by atoms with van der Waals surface area (Å²) < 4.78 is 21.3. The third-order valence-electron chi connectivity index (χ3n) is 6.16. The van der Waals surface area contributed by atoms with Crippen molar-refractivity contribution in [2.75, 3.05) is 52.4 Å². The average molecular weight is 511 g/mol. The molecule has 2 aromatic rings. The summed E-state index contributed by atoms with van der Waals surface area (Å²) in [6.45, 7) is 3.74. The van der Waals surface area contributed by atoms with Crippen LogP contribution < -0.4 is 14.8 Å². The second-order valence-electron chi connectivity index (χ2n) is 8.56. The molecule has 1 aromatic heterocycles. The van der Waals surface area contributed by atoms with Gasteiger partial charge in [0.2, 0.25) is 11.6 Å². The molecule has 0 amide bonds. The van der Waals surface area contributed by atoms with Crippen LogP contribution in [0.3, 0.4) is 0 Å². The molecule has 2 aliphatic rings. The average Bonchev–Trinajstić information content (AvgIpc) is 2.90. The first-order valence-electron chi connectivity index (χ1n) is 12.1. The Morgan fingerprint density at radius 2 is 1.95 bits per heavy atom. The maximum absolute atomic E-state index is 13.0. The topological polar surface area (TPSA) is 129 Å². The van der Waals surface area contributed by atoms with Gasteiger partial charge < -0.3 is 29.2 Å². The van der Waals surface area contributed by atoms with Crippen LogP contribution in [0.4, 0.5) is 5.82 Å². The summed E-state index contributed by atoms with van der Waals surface area (Å²) in [5.41, 5.74) is 0.930. The summed E-state index contributed by atoms with van der Waals surface area (Å²) in [4.78, 5) is 48.5. The predicted molar refractivity (Wildman–Crippen MR) is 134 cm³/mol. The number of methoxy groups -OCH3 is 2. The number of hydrogen-bond donors (Lipinski definition) is 1. The molecule has 1 aliphatic heterocycles. The van der Waals surface area contributed by atoms with Gasteiger partial charge in [-0.05, 0) is 25.8 Å². The molecular formula is C26H30N4O7. The summed E-state index contributed by atoms with van der Waals surface area (Å²) >= 11 is 0. The number of nitrogens with one attached hydrogen (secondary N) is 1. The van der Waals surface area contributed by atoms with Crippen LogP contribution in [-0.2, 0) is 23.9 Å². The van der Waals surface area contributed by atoms with Gasteiger partial charge in [0.1, 0.15) is 18.8 Å². The van der Waals surface area contributed by atoms with Gasteiger partial charge >= 0.3 is 5.97 Å². The second-order valence-corrected chi connectivity index (χ2v) is 8.56. The molecule has 0 spiro atoms. The molecule has 0 radical (unpaired) electrons. The van der Waals surface area contributed by atoms with Crippen LogP contribution in [0.25, 0.3) is 10.9 Å². The normalized spacial score (nSPS) is 17.8. The highest BCUT2D eigenvalue weighted by Gasteiger charge is 2.32. The second kappa shape index (κ2) is 11.8. The van der Waals surface area contributed by atoms with Crippen molar-refractivity contribution in [3.05, 3.63) is 42.0 Å². The van der Waals surface area contributed by atoms with E-state index in [0.717, 1.165) is 6.42 Å². The zero-order valence-electron chi connectivity index (χ0n) is 21.1. The lowest BCUT2D eigenvalue weighted by atomic mass is 9.95. The third kappa shape index (κ3) is 5.88. The van der Waals surface area contributed by atoms with Gasteiger partial charge in [-0.3, -0.25) is 14.4 Å². The molecule has 4 rings (SSSR count). The number of fused-ring (bicyclic) bond motifs is 1. The summed E-state index contributed by atoms with van der Waals surface area (Å²) in [6, 6.07) is 3.42. The van der Waals surface area contributed by atoms with Crippen molar-refractivity contribution < 1.29 is 33.3 Å². The molecule has 1 N–H and O–H groups in total. The first-order chi connectivity index (χ1) is 17.9. The number of esters is 1. The molecule has 37 heavy (non-hydrogen) atoms. The van der Waals surface area contributed by atoms with E-state index in [1.807, 2.05) is 0 Å². The van der Waals surface area contributed by atoms with Crippen LogP contribution >= 0.6 is 0 Å². The molecule has 1 saturated heterocycles. The van der Waals surface area contributed by atoms with Crippen LogP contribution in [-0.4, -0.2) is 79.5 Å². The Morgan fingerprint density at radius 1 is 1.11 bits per heavy atom. The third-order valence-corrected chi connectivity index (χ3v) is 6.16. The van der Waals surface area contributed by atoms with Gasteiger partial charge in [-0.25, -0.2) is 9.97 Å². The smallest absolute Gasteiger partial charge is 0.310 e. The Kier molecular flexibility index (Phi) is 8.34. The Hall–Kier alpha value is -3.99. The molecule has 11 heteroatoms. The number of piperidine rings is 1. The van der Waals surface area contributed by atoms with E-state index in [4.69, 9.17) is 18.9 Å². The van der Waals surface area contributed by atoms with E-state index in [1.54, 1.807) is 31.1 Å². The highest BCUT2D eigenvalue weighted by Crippen LogP contribution is 2.34. The lowest BCUT2D eigenvalue weighted by Gasteiger charge is -2.34. The van der Waals surface area contributed by atoms with Crippen LogP contribution in [0.2, 0.25) is 0 Å². The number of carbonyl (C=O) groups is 3. The highest BCUT2D eigenvalue weighted by molar-refractivity contribution is 6.21. The number of carbonyl (C=O) groups excluding carboxylic acids is 3. The van der Waals surface area contributed by atoms with E-state index in [2.05, 4.69) is 15.3 Å². The van der Waals surface area contributed by atoms with E-state index in [-0.39, 0.29) is 34.8 Å². The van der Waals surface area contributed by atoms with Crippen molar-refractivity contribution in [3.8, 4) is 11.5 Å². The highest BCUT2D eigenvalue weighted by atomic mass is 16.5. The zero-order chi connectivity index (χ0) is 26.4. The van der Waals surface area contributed by atoms with E-state index >= 15 is 0 Å². The van der Waals surface area contributed by atoms with E-state index in [1.165, 1.54) is 25.6 Å². The van der Waals surface area contributed by atoms with Crippen LogP contribution in [0, 0.1) is 5.92 Å². The minimum absolute atomic E-state index is 0.0899. The largest absolute Gasteiger partial charge is 0.493 e. The number of ketones is 2. The Labute approximate surface area is 214 Å². The Morgan fingerprint density at radius 3 is 2.70 bits per heavy atom. The van der Waals surface area contributed by atoms with Crippen LogP contribution in [0.15, 0.2) is 42.0 Å². The van der Waals surface area contributed by atoms with Gasteiger partial charge in [0.15, 0.2) is 11.5 Å². The van der Waals surface area contributed by atoms with Crippen LogP contribution in [0.1, 0.15) is 19.8 Å². The predicted octanol–water partition coefficient (Wildman–Crippen LogP) is 2.27. The standard InChI is InChI=1S/C26H30N4O7/c1-4-36-26(33)16-6-5-7-30(14-16)20-13-21(31)19(11-22(20)32)29-25-17-10-23(35-3)24(37-9-8-34-2)12-18(17)27-15-28-25/h10-13,15-16H,4-9,14H2,1-3H3,(H,27,28,29). The Balaban J connectivity index is 1.53. The first kappa shape index (κ1) is 26.1. The van der Waals surface area contributed by atoms with E-state index < -0.39 is 0 Å². The van der Waals surface area contributed by atoms with Gasteiger partial charge in [0.25, 0.3) is 0 Å². The molecule has 196 valence electrons. The molecule has 11 nitrogen and oxygen atoms in total. The van der Waals surface area contributed by atoms with Crippen molar-refractivity contribution in [2.45, 2.75) is 19.8 Å². The van der Waals surface area contributed by atoms with Crippen molar-refractivity contribution in [2.24, 2.45) is 5.92 Å². The number of allylic oxidation sites excluding steroid dienone is 2. The SMILES string of the molecule is CCOC(=O)C1CCCN(C2=CC(=O)C(Nc3ncnc4cc(OCCOC)c(OC)cc34)=CC2=O)C1. The lowest BCUT2D eigenvalue weighted by Crippen LogP contribution is -2.41. The molecular weight excluding hydrogens is 480 g/mol. The minimum atomic E-state index is -0.369. The van der Waals surface area contributed by atoms with Gasteiger partial charge in [0, 0.05) is 43.8 Å². The number of benzene rings is 1. The van der Waals surface area contributed by atoms with Crippen molar-refractivity contribution in [3.63, 3.8) is 0 Å². The van der Waals surface area contributed by atoms with Gasteiger partial charge in [-0.15, -0.1) is 0 Å². The summed E-state index contributed by atoms with van der Waals surface area (Å²) in [7, 11) is 3.11. The molecule has 1 aromatic carbocycles. The Bertz CT molecular complexity index is 1260. The fourth-order valence-electron chi connectivity index (χ4n) is 4.34. The number of ether oxygens (including phenoxy) is 4. The van der Waals surface area contributed by atoms with Gasteiger partial charge in [-0.2, -0.15) is 0 Å². The maximum atomic E-state index is 13.0. The number of nitrogens with zero attached hydrogens (tertiary/aromatic N) is 3. The number of hydrogen-bond acceptors (Lipinski definition) is 11. The number of aromatic nitrogens is 2. The molecule has 1 unspecified atom stereocenters. The fraction of sp³-hybridized carbons (Fsp3) is 0.423. The van der Waals surface area contributed by atoms with Crippen LogP contribution in [0.5, 0.6) is 11.5 Å². The number of rotatable bonds is 10. The molecule has 2 heterocycles. The number of anilines is 1. The summed E-state index contributed by atoms with van der Waals surface area (Å²) in [6.07, 6.45) is 5.35. The minimum Gasteiger partial charge on any atom is -0.493 e. The van der Waals surface area contributed by atoms with Crippen molar-refractivity contribution in [1.29, 1.82) is 0 Å².